The molecule has 184 valence electrons. The molecule has 3 heterocycles. The summed E-state index contributed by atoms with van der Waals surface area (Å²) in [6, 6.07) is 4.46. The van der Waals surface area contributed by atoms with Gasteiger partial charge in [-0.15, -0.1) is 9.73 Å². The Labute approximate surface area is 197 Å². The maximum absolute atomic E-state index is 12.5. The number of carbonyl (C=O) groups excluding carboxylic acids is 2. The molecule has 1 aromatic carbocycles. The molecule has 3 aromatic rings. The molecule has 3 N–H and O–H groups in total. The minimum atomic E-state index is -4.55. The van der Waals surface area contributed by atoms with Crippen molar-refractivity contribution in [3.63, 3.8) is 0 Å². The lowest BCUT2D eigenvalue weighted by Gasteiger charge is -2.15. The van der Waals surface area contributed by atoms with Crippen molar-refractivity contribution in [1.82, 2.24) is 30.0 Å². The van der Waals surface area contributed by atoms with Crippen LogP contribution in [0.2, 0.25) is 0 Å². The highest BCUT2D eigenvalue weighted by Crippen LogP contribution is 2.39. The van der Waals surface area contributed by atoms with E-state index in [0.29, 0.717) is 41.8 Å². The molecule has 1 fully saturated rings. The smallest absolute Gasteiger partial charge is 0.405 e. The van der Waals surface area contributed by atoms with Gasteiger partial charge >= 0.3 is 6.18 Å². The first-order valence-corrected chi connectivity index (χ1v) is 10.6. The Balaban J connectivity index is 1.78. The molecule has 4 rings (SSSR count). The van der Waals surface area contributed by atoms with Crippen LogP contribution in [0.1, 0.15) is 28.4 Å². The standard InChI is InChI=1S/C22H22F3N7O3/c1-3-16(33)31-7-6-13(9-31)18-17(19-20(26)28-11-29-32(19)30-18)12-4-5-14(15(8-12)35-2)21(34)27-10-22(23,24)25/h3-5,8,11,13H,1,6-7,9-10H2,2H3,(H,27,34)(H2,26,28,29). The zero-order chi connectivity index (χ0) is 25.3. The van der Waals surface area contributed by atoms with E-state index in [1.807, 2.05) is 5.32 Å². The van der Waals surface area contributed by atoms with E-state index in [1.54, 1.807) is 11.0 Å². The number of fused-ring (bicyclic) bond motifs is 1. The van der Waals surface area contributed by atoms with E-state index in [1.165, 1.54) is 36.3 Å². The SMILES string of the molecule is C=CC(=O)N1CCC(c2nn3ncnc(N)c3c2-c2ccc(C(=O)NCC(F)(F)F)c(OC)c2)C1. The molecule has 0 aliphatic carbocycles. The maximum Gasteiger partial charge on any atom is 0.405 e. The van der Waals surface area contributed by atoms with Gasteiger partial charge < -0.3 is 20.7 Å². The van der Waals surface area contributed by atoms with Crippen LogP contribution in [0.5, 0.6) is 5.75 Å². The first-order valence-electron chi connectivity index (χ1n) is 10.6. The molecule has 0 saturated carbocycles. The molecule has 0 radical (unpaired) electrons. The van der Waals surface area contributed by atoms with Crippen LogP contribution in [0.15, 0.2) is 37.2 Å². The quantitative estimate of drug-likeness (QED) is 0.508. The van der Waals surface area contributed by atoms with Crippen molar-refractivity contribution in [2.45, 2.75) is 18.5 Å². The molecule has 2 amide bonds. The molecule has 10 nitrogen and oxygen atoms in total. The molecule has 1 aliphatic heterocycles. The zero-order valence-corrected chi connectivity index (χ0v) is 18.7. The largest absolute Gasteiger partial charge is 0.496 e. The minimum absolute atomic E-state index is 0.0635. The van der Waals surface area contributed by atoms with Gasteiger partial charge in [0, 0.05) is 24.6 Å². The van der Waals surface area contributed by atoms with Crippen LogP contribution in [0.4, 0.5) is 19.0 Å². The summed E-state index contributed by atoms with van der Waals surface area (Å²) >= 11 is 0. The number of carbonyl (C=O) groups is 2. The van der Waals surface area contributed by atoms with Crippen LogP contribution < -0.4 is 15.8 Å². The van der Waals surface area contributed by atoms with Gasteiger partial charge in [-0.25, -0.2) is 4.98 Å². The average molecular weight is 489 g/mol. The minimum Gasteiger partial charge on any atom is -0.496 e. The molecule has 1 atom stereocenters. The fourth-order valence-electron chi connectivity index (χ4n) is 4.13. The molecule has 35 heavy (non-hydrogen) atoms. The second kappa shape index (κ2) is 9.24. The lowest BCUT2D eigenvalue weighted by molar-refractivity contribution is -0.125. The highest BCUT2D eigenvalue weighted by Gasteiger charge is 2.33. The lowest BCUT2D eigenvalue weighted by atomic mass is 9.94. The normalized spacial score (nSPS) is 15.9. The van der Waals surface area contributed by atoms with E-state index >= 15 is 0 Å². The molecule has 1 aliphatic rings. The van der Waals surface area contributed by atoms with E-state index in [2.05, 4.69) is 21.8 Å². The lowest BCUT2D eigenvalue weighted by Crippen LogP contribution is -2.33. The topological polar surface area (TPSA) is 128 Å². The van der Waals surface area contributed by atoms with Crippen LogP contribution in [-0.2, 0) is 4.79 Å². The van der Waals surface area contributed by atoms with Gasteiger partial charge in [0.15, 0.2) is 5.82 Å². The van der Waals surface area contributed by atoms with Crippen molar-refractivity contribution in [2.75, 3.05) is 32.5 Å². The Morgan fingerprint density at radius 1 is 1.37 bits per heavy atom. The second-order valence-electron chi connectivity index (χ2n) is 7.93. The van der Waals surface area contributed by atoms with Crippen molar-refractivity contribution >= 4 is 23.1 Å². The van der Waals surface area contributed by atoms with Crippen molar-refractivity contribution in [2.24, 2.45) is 0 Å². The van der Waals surface area contributed by atoms with Gasteiger partial charge in [-0.05, 0) is 30.2 Å². The Kier molecular flexibility index (Phi) is 6.33. The first kappa shape index (κ1) is 24.0. The summed E-state index contributed by atoms with van der Waals surface area (Å²) in [7, 11) is 1.31. The summed E-state index contributed by atoms with van der Waals surface area (Å²) < 4.78 is 44.3. The number of amides is 2. The molecular formula is C22H22F3N7O3. The van der Waals surface area contributed by atoms with Gasteiger partial charge in [0.2, 0.25) is 5.91 Å². The molecule has 1 unspecified atom stereocenters. The van der Waals surface area contributed by atoms with Gasteiger partial charge in [-0.2, -0.15) is 18.3 Å². The summed E-state index contributed by atoms with van der Waals surface area (Å²) in [6.07, 6.45) is -1.39. The number of nitrogens with two attached hydrogens (primary N) is 1. The fraction of sp³-hybridized carbons (Fsp3) is 0.318. The third-order valence-electron chi connectivity index (χ3n) is 5.74. The van der Waals surface area contributed by atoms with Crippen LogP contribution in [0, 0.1) is 0 Å². The maximum atomic E-state index is 12.5. The number of halogens is 3. The molecule has 0 spiro atoms. The van der Waals surface area contributed by atoms with E-state index in [-0.39, 0.29) is 29.0 Å². The number of methoxy groups -OCH3 is 1. The monoisotopic (exact) mass is 489 g/mol. The predicted molar refractivity (Wildman–Crippen MR) is 120 cm³/mol. The summed E-state index contributed by atoms with van der Waals surface area (Å²) in [5.74, 6) is -1.03. The van der Waals surface area contributed by atoms with Crippen molar-refractivity contribution in [3.05, 3.63) is 48.4 Å². The van der Waals surface area contributed by atoms with Gasteiger partial charge in [-0.1, -0.05) is 12.6 Å². The number of rotatable bonds is 6. The number of nitrogens with zero attached hydrogens (tertiary/aromatic N) is 5. The highest BCUT2D eigenvalue weighted by atomic mass is 19.4. The van der Waals surface area contributed by atoms with Gasteiger partial charge in [0.1, 0.15) is 24.1 Å². The number of hydrogen-bond donors (Lipinski definition) is 2. The fourth-order valence-corrected chi connectivity index (χ4v) is 4.13. The molecule has 0 bridgehead atoms. The van der Waals surface area contributed by atoms with Gasteiger partial charge in [0.05, 0.1) is 18.4 Å². The number of alkyl halides is 3. The molecule has 13 heteroatoms. The number of aromatic nitrogens is 4. The van der Waals surface area contributed by atoms with Gasteiger partial charge in [-0.3, -0.25) is 9.59 Å². The van der Waals surface area contributed by atoms with Crippen LogP contribution in [0.3, 0.4) is 0 Å². The van der Waals surface area contributed by atoms with Crippen molar-refractivity contribution in [3.8, 4) is 16.9 Å². The average Bonchev–Trinajstić information content (AvgIpc) is 3.47. The molecule has 1 saturated heterocycles. The van der Waals surface area contributed by atoms with Crippen molar-refractivity contribution in [1.29, 1.82) is 0 Å². The third-order valence-corrected chi connectivity index (χ3v) is 5.74. The number of benzene rings is 1. The number of anilines is 1. The Bertz CT molecular complexity index is 1310. The summed E-state index contributed by atoms with van der Waals surface area (Å²) in [5, 5.41) is 10.6. The van der Waals surface area contributed by atoms with Crippen LogP contribution >= 0.6 is 0 Å². The van der Waals surface area contributed by atoms with Crippen LogP contribution in [0.25, 0.3) is 16.6 Å². The summed E-state index contributed by atoms with van der Waals surface area (Å²) in [6.45, 7) is 2.99. The number of nitrogen functional groups attached to an aromatic ring is 1. The number of nitrogens with one attached hydrogen (secondary N) is 1. The van der Waals surface area contributed by atoms with E-state index < -0.39 is 18.6 Å². The number of likely N-dealkylation sites (tertiary alicyclic amines) is 1. The summed E-state index contributed by atoms with van der Waals surface area (Å²) in [4.78, 5) is 30.1. The van der Waals surface area contributed by atoms with Gasteiger partial charge in [0.25, 0.3) is 5.91 Å². The highest BCUT2D eigenvalue weighted by molar-refractivity contribution is 5.98. The van der Waals surface area contributed by atoms with E-state index in [0.717, 1.165) is 0 Å². The number of hydrogen-bond acceptors (Lipinski definition) is 7. The second-order valence-corrected chi connectivity index (χ2v) is 7.93. The Morgan fingerprint density at radius 2 is 2.14 bits per heavy atom. The zero-order valence-electron chi connectivity index (χ0n) is 18.7. The Hall–Kier alpha value is -4.16. The van der Waals surface area contributed by atoms with E-state index in [4.69, 9.17) is 10.5 Å². The Morgan fingerprint density at radius 3 is 2.83 bits per heavy atom. The summed E-state index contributed by atoms with van der Waals surface area (Å²) in [5.41, 5.74) is 8.25. The molecule has 2 aromatic heterocycles. The van der Waals surface area contributed by atoms with E-state index in [9.17, 15) is 22.8 Å². The predicted octanol–water partition coefficient (Wildman–Crippen LogP) is 2.18. The molecular weight excluding hydrogens is 467 g/mol. The first-order chi connectivity index (χ1) is 16.6. The van der Waals surface area contributed by atoms with Crippen molar-refractivity contribution < 1.29 is 27.5 Å². The van der Waals surface area contributed by atoms with Crippen LogP contribution in [-0.4, -0.2) is 69.4 Å². The third kappa shape index (κ3) is 4.74. The number of ether oxygens (including phenoxy) is 1.